The van der Waals surface area contributed by atoms with Gasteiger partial charge in [0.15, 0.2) is 11.9 Å². The van der Waals surface area contributed by atoms with Crippen molar-refractivity contribution in [1.29, 1.82) is 10.8 Å². The van der Waals surface area contributed by atoms with E-state index in [1.807, 2.05) is 0 Å². The van der Waals surface area contributed by atoms with E-state index in [1.54, 1.807) is 0 Å². The van der Waals surface area contributed by atoms with Gasteiger partial charge in [-0.3, -0.25) is 25.2 Å². The van der Waals surface area contributed by atoms with E-state index in [-0.39, 0.29) is 68.9 Å². The lowest BCUT2D eigenvalue weighted by molar-refractivity contribution is -0.163. The molecule has 0 aromatic carbocycles. The Kier molecular flexibility index (Phi) is 44.2. The van der Waals surface area contributed by atoms with Crippen molar-refractivity contribution in [3.8, 4) is 0 Å². The molecule has 0 aromatic heterocycles. The van der Waals surface area contributed by atoms with E-state index >= 15 is 0 Å². The molecule has 0 aliphatic rings. The molecular weight excluding hydrogens is 891 g/mol. The number of amides is 2. The van der Waals surface area contributed by atoms with Crippen LogP contribution in [0.2, 0.25) is 0 Å². The predicted molar refractivity (Wildman–Crippen MR) is 281 cm³/mol. The minimum Gasteiger partial charge on any atom is -0.392 e. The molecule has 0 aromatic rings. The van der Waals surface area contributed by atoms with Crippen molar-refractivity contribution in [2.45, 2.75) is 276 Å². The van der Waals surface area contributed by atoms with Crippen molar-refractivity contribution in [1.82, 2.24) is 21.3 Å². The number of carbonyl (C=O) groups is 6. The molecule has 0 bridgehead atoms. The fraction of sp³-hybridized carbons (Fsp3) is 0.849. The van der Waals surface area contributed by atoms with Crippen LogP contribution in [-0.4, -0.2) is 78.8 Å². The van der Waals surface area contributed by atoms with Gasteiger partial charge in [-0.1, -0.05) is 194 Å². The molecule has 0 unspecified atom stereocenters. The van der Waals surface area contributed by atoms with Crippen LogP contribution < -0.4 is 38.5 Å². The second-order valence-electron chi connectivity index (χ2n) is 19.3. The summed E-state index contributed by atoms with van der Waals surface area (Å²) in [5.41, 5.74) is 16.7. The Morgan fingerprint density at radius 3 is 1.01 bits per heavy atom. The summed E-state index contributed by atoms with van der Waals surface area (Å²) in [7, 11) is 0. The quantitative estimate of drug-likeness (QED) is 0.00904. The van der Waals surface area contributed by atoms with Gasteiger partial charge in [0.2, 0.25) is 11.8 Å². The fourth-order valence-corrected chi connectivity index (χ4v) is 8.27. The summed E-state index contributed by atoms with van der Waals surface area (Å²) in [6.45, 7) is 5.00. The van der Waals surface area contributed by atoms with Gasteiger partial charge < -0.3 is 47.9 Å². The highest BCUT2D eigenvalue weighted by Crippen LogP contribution is 2.16. The first kappa shape index (κ1) is 65.7. The molecule has 0 aliphatic carbocycles. The molecule has 70 heavy (non-hydrogen) atoms. The van der Waals surface area contributed by atoms with E-state index in [0.29, 0.717) is 25.7 Å². The first-order chi connectivity index (χ1) is 33.8. The number of hydrogen-bond donors (Lipinski definition) is 9. The molecule has 0 radical (unpaired) electrons. The van der Waals surface area contributed by atoms with Gasteiger partial charge in [0, 0.05) is 32.4 Å². The molecule has 2 amide bonds. The average Bonchev–Trinajstić information content (AvgIpc) is 3.32. The standard InChI is InChI=1S/C53H101N9O8/c1-3-5-7-9-11-13-15-17-19-21-23-25-27-29-31-37-46(63)61-44(35-33-41-59-52(55)56)50(67)69-48(65)40-39-43(54)49(66)70-51(68)45(36-34-42-60-53(57)58)62-47(64)38-32-30-28-26-24-22-20-18-16-14-12-10-8-6-4-2/h43-45H,3-42,54H2,1-2H3,(H,61,63)(H,62,64)(H4,55,56,59)(H4,57,58,60)/t43-,44-,45-/m0/s1. The second-order valence-corrected chi connectivity index (χ2v) is 19.3. The third-order valence-corrected chi connectivity index (χ3v) is 12.6. The smallest absolute Gasteiger partial charge is 0.336 e. The first-order valence-corrected chi connectivity index (χ1v) is 27.8. The number of esters is 4. The summed E-state index contributed by atoms with van der Waals surface area (Å²) in [6.07, 6.45) is 36.6. The molecule has 0 saturated carbocycles. The summed E-state index contributed by atoms with van der Waals surface area (Å²) >= 11 is 0. The van der Waals surface area contributed by atoms with Crippen molar-refractivity contribution < 1.29 is 38.2 Å². The number of rotatable bonds is 48. The number of hydrogen-bond acceptors (Lipinski definition) is 11. The molecule has 0 fully saturated rings. The number of nitrogens with one attached hydrogen (secondary N) is 6. The summed E-state index contributed by atoms with van der Waals surface area (Å²) in [5.74, 6) is -5.25. The minimum atomic E-state index is -1.43. The third kappa shape index (κ3) is 42.6. The van der Waals surface area contributed by atoms with Gasteiger partial charge in [0.1, 0.15) is 18.1 Å². The Morgan fingerprint density at radius 2 is 0.700 bits per heavy atom. The van der Waals surface area contributed by atoms with E-state index < -0.39 is 48.4 Å². The van der Waals surface area contributed by atoms with Gasteiger partial charge in [-0.05, 0) is 44.9 Å². The van der Waals surface area contributed by atoms with E-state index in [4.69, 9.17) is 37.5 Å². The average molecular weight is 992 g/mol. The van der Waals surface area contributed by atoms with Crippen LogP contribution in [0.1, 0.15) is 258 Å². The Bertz CT molecular complexity index is 1420. The molecular formula is C53H101N9O8. The van der Waals surface area contributed by atoms with Crippen LogP contribution in [-0.2, 0) is 38.2 Å². The Balaban J connectivity index is 4.79. The summed E-state index contributed by atoms with van der Waals surface area (Å²) in [6, 6.07) is -3.71. The monoisotopic (exact) mass is 992 g/mol. The predicted octanol–water partition coefficient (Wildman–Crippen LogP) is 9.25. The van der Waals surface area contributed by atoms with E-state index in [9.17, 15) is 28.8 Å². The van der Waals surface area contributed by atoms with Crippen LogP contribution in [0.5, 0.6) is 0 Å². The van der Waals surface area contributed by atoms with Crippen LogP contribution in [0.25, 0.3) is 0 Å². The first-order valence-electron chi connectivity index (χ1n) is 27.8. The molecule has 17 nitrogen and oxygen atoms in total. The highest BCUT2D eigenvalue weighted by Gasteiger charge is 2.29. The van der Waals surface area contributed by atoms with Crippen LogP contribution in [0.15, 0.2) is 0 Å². The molecule has 406 valence electrons. The number of ether oxygens (including phenoxy) is 2. The van der Waals surface area contributed by atoms with Gasteiger partial charge >= 0.3 is 23.9 Å². The van der Waals surface area contributed by atoms with Crippen molar-refractivity contribution >= 4 is 47.6 Å². The zero-order valence-corrected chi connectivity index (χ0v) is 44.0. The van der Waals surface area contributed by atoms with E-state index in [0.717, 1.165) is 38.5 Å². The molecule has 3 atom stereocenters. The molecule has 0 spiro atoms. The maximum Gasteiger partial charge on any atom is 0.336 e. The van der Waals surface area contributed by atoms with Crippen molar-refractivity contribution in [2.75, 3.05) is 13.1 Å². The summed E-state index contributed by atoms with van der Waals surface area (Å²) < 4.78 is 10.1. The molecule has 12 N–H and O–H groups in total. The minimum absolute atomic E-state index is 0.0999. The lowest BCUT2D eigenvalue weighted by Crippen LogP contribution is -2.45. The second kappa shape index (κ2) is 47.1. The van der Waals surface area contributed by atoms with Crippen LogP contribution in [0.4, 0.5) is 0 Å². The zero-order valence-electron chi connectivity index (χ0n) is 44.0. The Morgan fingerprint density at radius 1 is 0.400 bits per heavy atom. The van der Waals surface area contributed by atoms with Gasteiger partial charge in [0.25, 0.3) is 0 Å². The maximum atomic E-state index is 13.1. The van der Waals surface area contributed by atoms with Gasteiger partial charge in [0.05, 0.1) is 0 Å². The van der Waals surface area contributed by atoms with Gasteiger partial charge in [-0.2, -0.15) is 0 Å². The zero-order chi connectivity index (χ0) is 51.9. The van der Waals surface area contributed by atoms with Crippen LogP contribution >= 0.6 is 0 Å². The number of carbonyl (C=O) groups excluding carboxylic acids is 6. The molecule has 17 heteroatoms. The van der Waals surface area contributed by atoms with Gasteiger partial charge in [-0.25, -0.2) is 14.4 Å². The molecule has 0 heterocycles. The number of guanidine groups is 2. The third-order valence-electron chi connectivity index (χ3n) is 12.6. The van der Waals surface area contributed by atoms with Crippen molar-refractivity contribution in [2.24, 2.45) is 17.2 Å². The topological polar surface area (TPSA) is 295 Å². The van der Waals surface area contributed by atoms with Crippen molar-refractivity contribution in [3.63, 3.8) is 0 Å². The van der Waals surface area contributed by atoms with Crippen LogP contribution in [0, 0.1) is 10.8 Å². The normalized spacial score (nSPS) is 12.3. The maximum absolute atomic E-state index is 13.1. The Hall–Kier alpha value is -4.28. The number of nitrogens with two attached hydrogens (primary N) is 3. The van der Waals surface area contributed by atoms with Gasteiger partial charge in [-0.15, -0.1) is 0 Å². The van der Waals surface area contributed by atoms with E-state index in [1.165, 1.54) is 141 Å². The van der Waals surface area contributed by atoms with Crippen molar-refractivity contribution in [3.05, 3.63) is 0 Å². The Labute approximate surface area is 423 Å². The molecule has 0 aliphatic heterocycles. The highest BCUT2D eigenvalue weighted by atomic mass is 16.6. The highest BCUT2D eigenvalue weighted by molar-refractivity contribution is 5.94. The summed E-state index contributed by atoms with van der Waals surface area (Å²) in [5, 5.41) is 25.4. The lowest BCUT2D eigenvalue weighted by Gasteiger charge is -2.19. The largest absolute Gasteiger partial charge is 0.392 e. The SMILES string of the molecule is CCCCCCCCCCCCCCCCCC(=O)N[C@@H](CCCNC(=N)N)C(=O)OC(=O)CC[C@H](N)C(=O)OC(=O)[C@H](CCCNC(=N)N)NC(=O)CCCCCCCCCCCCCCCCC. The number of unbranched alkanes of at least 4 members (excludes halogenated alkanes) is 28. The summed E-state index contributed by atoms with van der Waals surface area (Å²) in [4.78, 5) is 77.5. The molecule has 0 rings (SSSR count). The van der Waals surface area contributed by atoms with Crippen LogP contribution in [0.3, 0.4) is 0 Å². The van der Waals surface area contributed by atoms with E-state index in [2.05, 4.69) is 35.1 Å². The lowest BCUT2D eigenvalue weighted by atomic mass is 10.0. The fourth-order valence-electron chi connectivity index (χ4n) is 8.27. The molecule has 0 saturated heterocycles.